The van der Waals surface area contributed by atoms with Gasteiger partial charge in [-0.15, -0.1) is 0 Å². The highest BCUT2D eigenvalue weighted by atomic mass is 19.4. The molecule has 146 valence electrons. The molecule has 0 bridgehead atoms. The van der Waals surface area contributed by atoms with E-state index in [0.29, 0.717) is 18.4 Å². The highest BCUT2D eigenvalue weighted by molar-refractivity contribution is 5.77. The lowest BCUT2D eigenvalue weighted by Crippen LogP contribution is -2.35. The van der Waals surface area contributed by atoms with Crippen molar-refractivity contribution in [3.8, 4) is 11.4 Å². The summed E-state index contributed by atoms with van der Waals surface area (Å²) in [6.45, 7) is -0.0140. The van der Waals surface area contributed by atoms with Gasteiger partial charge in [-0.3, -0.25) is 4.79 Å². The SMILES string of the molecule is O=C(CC(F)(F)F)N(Cc1ccc(-c2noc(C(F)(F)F)n2)cc1)C1CC1. The Morgan fingerprint density at radius 3 is 2.22 bits per heavy atom. The van der Waals surface area contributed by atoms with Crippen LogP contribution in [0, 0.1) is 0 Å². The maximum Gasteiger partial charge on any atom is 0.471 e. The van der Waals surface area contributed by atoms with Crippen LogP contribution in [0.1, 0.15) is 30.7 Å². The maximum absolute atomic E-state index is 12.5. The molecular weight excluding hydrogens is 380 g/mol. The van der Waals surface area contributed by atoms with Crippen LogP contribution in [-0.2, 0) is 17.5 Å². The van der Waals surface area contributed by atoms with Crippen LogP contribution in [0.2, 0.25) is 0 Å². The molecule has 1 aromatic carbocycles. The summed E-state index contributed by atoms with van der Waals surface area (Å²) >= 11 is 0. The molecule has 0 unspecified atom stereocenters. The number of alkyl halides is 6. The molecule has 0 atom stereocenters. The summed E-state index contributed by atoms with van der Waals surface area (Å²) < 4.78 is 79.0. The van der Waals surface area contributed by atoms with E-state index >= 15 is 0 Å². The fourth-order valence-corrected chi connectivity index (χ4v) is 2.49. The lowest BCUT2D eigenvalue weighted by atomic mass is 10.1. The van der Waals surface area contributed by atoms with Gasteiger partial charge in [0.1, 0.15) is 6.42 Å². The minimum atomic E-state index is -4.76. The molecule has 0 aliphatic heterocycles. The zero-order valence-corrected chi connectivity index (χ0v) is 13.6. The Hall–Kier alpha value is -2.59. The summed E-state index contributed by atoms with van der Waals surface area (Å²) in [5.41, 5.74) is 0.790. The summed E-state index contributed by atoms with van der Waals surface area (Å²) in [7, 11) is 0. The Labute approximate surface area is 149 Å². The minimum absolute atomic E-state index is 0.0140. The van der Waals surface area contributed by atoms with Gasteiger partial charge in [0.05, 0.1) is 0 Å². The van der Waals surface area contributed by atoms with Gasteiger partial charge >= 0.3 is 18.2 Å². The molecule has 1 aliphatic rings. The summed E-state index contributed by atoms with van der Waals surface area (Å²) in [6.07, 6.45) is -9.57. The van der Waals surface area contributed by atoms with Crippen molar-refractivity contribution in [3.63, 3.8) is 0 Å². The normalized spacial score (nSPS) is 15.0. The number of nitrogens with zero attached hydrogens (tertiary/aromatic N) is 3. The van der Waals surface area contributed by atoms with Gasteiger partial charge in [0.15, 0.2) is 0 Å². The minimum Gasteiger partial charge on any atom is -0.335 e. The average molecular weight is 393 g/mol. The number of hydrogen-bond acceptors (Lipinski definition) is 4. The molecule has 0 spiro atoms. The predicted molar refractivity (Wildman–Crippen MR) is 79.0 cm³/mol. The predicted octanol–water partition coefficient (Wildman–Crippen LogP) is 4.20. The van der Waals surface area contributed by atoms with E-state index in [1.165, 1.54) is 29.2 Å². The van der Waals surface area contributed by atoms with Gasteiger partial charge in [-0.1, -0.05) is 29.4 Å². The molecule has 1 amide bonds. The number of carbonyl (C=O) groups is 1. The van der Waals surface area contributed by atoms with Crippen molar-refractivity contribution >= 4 is 5.91 Å². The molecule has 1 saturated carbocycles. The molecule has 0 saturated heterocycles. The van der Waals surface area contributed by atoms with Crippen LogP contribution in [0.4, 0.5) is 26.3 Å². The lowest BCUT2D eigenvalue weighted by Gasteiger charge is -2.23. The van der Waals surface area contributed by atoms with Crippen molar-refractivity contribution in [1.82, 2.24) is 15.0 Å². The van der Waals surface area contributed by atoms with Crippen molar-refractivity contribution in [2.24, 2.45) is 0 Å². The van der Waals surface area contributed by atoms with Crippen LogP contribution in [0.25, 0.3) is 11.4 Å². The highest BCUT2D eigenvalue weighted by Crippen LogP contribution is 2.32. The number of benzene rings is 1. The van der Waals surface area contributed by atoms with Gasteiger partial charge in [0.2, 0.25) is 11.7 Å². The second-order valence-corrected chi connectivity index (χ2v) is 6.16. The third kappa shape index (κ3) is 4.98. The van der Waals surface area contributed by atoms with Gasteiger partial charge < -0.3 is 9.42 Å². The molecule has 5 nitrogen and oxygen atoms in total. The molecule has 0 N–H and O–H groups in total. The largest absolute Gasteiger partial charge is 0.471 e. The van der Waals surface area contributed by atoms with Crippen LogP contribution in [-0.4, -0.2) is 33.2 Å². The topological polar surface area (TPSA) is 59.2 Å². The third-order valence-corrected chi connectivity index (χ3v) is 3.89. The van der Waals surface area contributed by atoms with E-state index in [0.717, 1.165) is 0 Å². The molecule has 1 aromatic heterocycles. The first-order valence-electron chi connectivity index (χ1n) is 7.89. The van der Waals surface area contributed by atoms with E-state index in [-0.39, 0.29) is 24.0 Å². The zero-order valence-electron chi connectivity index (χ0n) is 13.6. The summed E-state index contributed by atoms with van der Waals surface area (Å²) in [5, 5.41) is 3.25. The number of rotatable bonds is 5. The Bertz CT molecular complexity index is 809. The van der Waals surface area contributed by atoms with E-state index in [2.05, 4.69) is 14.7 Å². The fraction of sp³-hybridized carbons (Fsp3) is 0.438. The smallest absolute Gasteiger partial charge is 0.335 e. The van der Waals surface area contributed by atoms with Crippen LogP contribution in [0.15, 0.2) is 28.8 Å². The van der Waals surface area contributed by atoms with Gasteiger partial charge in [-0.05, 0) is 18.4 Å². The maximum atomic E-state index is 12.5. The van der Waals surface area contributed by atoms with Crippen molar-refractivity contribution in [3.05, 3.63) is 35.7 Å². The fourth-order valence-electron chi connectivity index (χ4n) is 2.49. The van der Waals surface area contributed by atoms with Crippen molar-refractivity contribution in [1.29, 1.82) is 0 Å². The first kappa shape index (κ1) is 19.2. The first-order valence-corrected chi connectivity index (χ1v) is 7.89. The van der Waals surface area contributed by atoms with E-state index in [1.807, 2.05) is 0 Å². The molecule has 11 heteroatoms. The molecule has 1 aliphatic carbocycles. The number of carbonyl (C=O) groups excluding carboxylic acids is 1. The Balaban J connectivity index is 1.71. The van der Waals surface area contributed by atoms with E-state index in [9.17, 15) is 31.1 Å². The van der Waals surface area contributed by atoms with Crippen LogP contribution < -0.4 is 0 Å². The number of amides is 1. The van der Waals surface area contributed by atoms with Crippen molar-refractivity contribution < 1.29 is 35.7 Å². The van der Waals surface area contributed by atoms with Gasteiger partial charge in [0, 0.05) is 18.2 Å². The Morgan fingerprint density at radius 1 is 1.11 bits per heavy atom. The zero-order chi connectivity index (χ0) is 19.8. The van der Waals surface area contributed by atoms with E-state index in [1.54, 1.807) is 0 Å². The molecular formula is C16H13F6N3O2. The average Bonchev–Trinajstić information content (AvgIpc) is 3.25. The summed E-state index contributed by atoms with van der Waals surface area (Å²) in [6, 6.07) is 5.61. The van der Waals surface area contributed by atoms with Crippen molar-refractivity contribution in [2.45, 2.75) is 44.2 Å². The highest BCUT2D eigenvalue weighted by Gasteiger charge is 2.39. The number of aromatic nitrogens is 2. The lowest BCUT2D eigenvalue weighted by molar-refractivity contribution is -0.162. The molecule has 1 heterocycles. The number of hydrogen-bond donors (Lipinski definition) is 0. The second kappa shape index (κ2) is 6.86. The van der Waals surface area contributed by atoms with Gasteiger partial charge in [0.25, 0.3) is 0 Å². The second-order valence-electron chi connectivity index (χ2n) is 6.16. The quantitative estimate of drug-likeness (QED) is 0.715. The Kier molecular flexibility index (Phi) is 4.87. The van der Waals surface area contributed by atoms with Crippen LogP contribution in [0.3, 0.4) is 0 Å². The summed E-state index contributed by atoms with van der Waals surface area (Å²) in [5.74, 6) is -2.73. The standard InChI is InChI=1S/C16H13F6N3O2/c17-15(18,19)7-12(26)25(11-5-6-11)8-9-1-3-10(4-2-9)13-23-14(27-24-13)16(20,21)22/h1-4,11H,5-8H2. The Morgan fingerprint density at radius 2 is 1.74 bits per heavy atom. The molecule has 0 radical (unpaired) electrons. The third-order valence-electron chi connectivity index (χ3n) is 3.89. The number of halogens is 6. The first-order chi connectivity index (χ1) is 12.5. The van der Waals surface area contributed by atoms with E-state index < -0.39 is 30.6 Å². The molecule has 1 fully saturated rings. The summed E-state index contributed by atoms with van der Waals surface area (Å²) in [4.78, 5) is 16.3. The molecule has 3 rings (SSSR count). The molecule has 27 heavy (non-hydrogen) atoms. The van der Waals surface area contributed by atoms with Gasteiger partial charge in [-0.2, -0.15) is 31.3 Å². The van der Waals surface area contributed by atoms with E-state index in [4.69, 9.17) is 0 Å². The van der Waals surface area contributed by atoms with Gasteiger partial charge in [-0.25, -0.2) is 0 Å². The molecule has 2 aromatic rings. The van der Waals surface area contributed by atoms with Crippen LogP contribution in [0.5, 0.6) is 0 Å². The van der Waals surface area contributed by atoms with Crippen molar-refractivity contribution in [2.75, 3.05) is 0 Å². The monoisotopic (exact) mass is 393 g/mol. The van der Waals surface area contributed by atoms with Crippen LogP contribution >= 0.6 is 0 Å².